The highest BCUT2D eigenvalue weighted by Crippen LogP contribution is 2.47. The number of benzene rings is 2. The Morgan fingerprint density at radius 2 is 1.71 bits per heavy atom. The minimum absolute atomic E-state index is 0.0298. The number of β-lactam (4-membered cyclic amide) rings is 1. The lowest BCUT2D eigenvalue weighted by atomic mass is 10.1. The van der Waals surface area contributed by atoms with Gasteiger partial charge >= 0.3 is 7.52 Å². The third-order valence-electron chi connectivity index (χ3n) is 3.87. The molecule has 2 aromatic carbocycles. The molecule has 2 aromatic rings. The van der Waals surface area contributed by atoms with Gasteiger partial charge in [0.2, 0.25) is 5.91 Å². The van der Waals surface area contributed by atoms with E-state index >= 15 is 0 Å². The molecule has 0 aliphatic carbocycles. The summed E-state index contributed by atoms with van der Waals surface area (Å²) in [5, 5.41) is 2.81. The van der Waals surface area contributed by atoms with E-state index < -0.39 is 19.5 Å². The Hall–Kier alpha value is -2.43. The first kappa shape index (κ1) is 16.4. The summed E-state index contributed by atoms with van der Waals surface area (Å²) >= 11 is 0. The molecule has 0 saturated carbocycles. The zero-order chi connectivity index (χ0) is 17.2. The fourth-order valence-electron chi connectivity index (χ4n) is 2.55. The zero-order valence-corrected chi connectivity index (χ0v) is 13.7. The topological polar surface area (TPSA) is 86.7 Å². The van der Waals surface area contributed by atoms with Crippen molar-refractivity contribution in [2.75, 3.05) is 6.54 Å². The van der Waals surface area contributed by atoms with Gasteiger partial charge in [0.1, 0.15) is 6.04 Å². The van der Waals surface area contributed by atoms with Crippen LogP contribution in [0.4, 0.5) is 0 Å². The van der Waals surface area contributed by atoms with Crippen molar-refractivity contribution in [3.63, 3.8) is 0 Å². The summed E-state index contributed by atoms with van der Waals surface area (Å²) < 4.78 is 13.4. The summed E-state index contributed by atoms with van der Waals surface area (Å²) in [4.78, 5) is 34.3. The van der Waals surface area contributed by atoms with Gasteiger partial charge in [0.15, 0.2) is 0 Å². The Morgan fingerprint density at radius 3 is 2.29 bits per heavy atom. The standard InChI is InChI=1S/C17H17N2O4P/c20-16(11-13-7-3-1-4-8-13)18-15-12-19(17(15)21)24(22,23)14-9-5-2-6-10-14/h1-10,15H,11-12H2,(H,18,20)(H,22,23). The van der Waals surface area contributed by atoms with Crippen molar-refractivity contribution < 1.29 is 19.0 Å². The van der Waals surface area contributed by atoms with Gasteiger partial charge in [-0.3, -0.25) is 18.8 Å². The molecule has 124 valence electrons. The maximum atomic E-state index is 12.5. The predicted molar refractivity (Wildman–Crippen MR) is 89.7 cm³/mol. The van der Waals surface area contributed by atoms with E-state index in [0.717, 1.165) is 10.2 Å². The third kappa shape index (κ3) is 3.25. The minimum atomic E-state index is -3.92. The molecule has 2 unspecified atom stereocenters. The molecule has 0 bridgehead atoms. The lowest BCUT2D eigenvalue weighted by Gasteiger charge is -2.40. The maximum absolute atomic E-state index is 12.5. The van der Waals surface area contributed by atoms with Crippen molar-refractivity contribution in [1.29, 1.82) is 0 Å². The van der Waals surface area contributed by atoms with E-state index in [1.165, 1.54) is 12.1 Å². The second-order valence-corrected chi connectivity index (χ2v) is 7.67. The highest BCUT2D eigenvalue weighted by Gasteiger charge is 2.47. The fourth-order valence-corrected chi connectivity index (χ4v) is 4.18. The molecular weight excluding hydrogens is 327 g/mol. The highest BCUT2D eigenvalue weighted by atomic mass is 31.2. The zero-order valence-electron chi connectivity index (χ0n) is 12.8. The molecule has 0 spiro atoms. The largest absolute Gasteiger partial charge is 0.342 e. The molecule has 24 heavy (non-hydrogen) atoms. The van der Waals surface area contributed by atoms with Crippen LogP contribution >= 0.6 is 7.52 Å². The van der Waals surface area contributed by atoms with E-state index in [0.29, 0.717) is 0 Å². The van der Waals surface area contributed by atoms with Crippen LogP contribution < -0.4 is 10.6 Å². The number of carbonyl (C=O) groups is 2. The van der Waals surface area contributed by atoms with E-state index in [9.17, 15) is 19.0 Å². The minimum Gasteiger partial charge on any atom is -0.342 e. The van der Waals surface area contributed by atoms with E-state index in [2.05, 4.69) is 5.32 Å². The van der Waals surface area contributed by atoms with Gasteiger partial charge in [-0.05, 0) is 17.7 Å². The summed E-state index contributed by atoms with van der Waals surface area (Å²) in [7, 11) is -3.92. The first-order valence-electron chi connectivity index (χ1n) is 7.52. The van der Waals surface area contributed by atoms with Crippen LogP contribution in [0.5, 0.6) is 0 Å². The summed E-state index contributed by atoms with van der Waals surface area (Å²) in [5.74, 6) is -0.821. The number of nitrogens with one attached hydrogen (secondary N) is 1. The van der Waals surface area contributed by atoms with Crippen LogP contribution in [0.2, 0.25) is 0 Å². The van der Waals surface area contributed by atoms with Gasteiger partial charge < -0.3 is 10.2 Å². The molecule has 2 atom stereocenters. The molecule has 2 N–H and O–H groups in total. The van der Waals surface area contributed by atoms with Crippen LogP contribution in [0, 0.1) is 0 Å². The number of nitrogens with zero attached hydrogens (tertiary/aromatic N) is 1. The summed E-state index contributed by atoms with van der Waals surface area (Å²) in [5.41, 5.74) is 0.843. The van der Waals surface area contributed by atoms with Crippen LogP contribution in [-0.4, -0.2) is 34.0 Å². The maximum Gasteiger partial charge on any atom is 0.326 e. The summed E-state index contributed by atoms with van der Waals surface area (Å²) in [6, 6.07) is 16.5. The predicted octanol–water partition coefficient (Wildman–Crippen LogP) is 1.07. The second-order valence-electron chi connectivity index (χ2n) is 5.58. The number of carbonyl (C=O) groups excluding carboxylic acids is 2. The van der Waals surface area contributed by atoms with Crippen molar-refractivity contribution in [3.05, 3.63) is 66.2 Å². The van der Waals surface area contributed by atoms with Crippen LogP contribution in [0.15, 0.2) is 60.7 Å². The number of rotatable bonds is 5. The number of hydrogen-bond acceptors (Lipinski definition) is 3. The van der Waals surface area contributed by atoms with Crippen LogP contribution in [0.25, 0.3) is 0 Å². The lowest BCUT2D eigenvalue weighted by molar-refractivity contribution is -0.140. The van der Waals surface area contributed by atoms with Crippen LogP contribution in [-0.2, 0) is 20.6 Å². The molecule has 7 heteroatoms. The quantitative estimate of drug-likeness (QED) is 0.627. The molecule has 1 aliphatic heterocycles. The SMILES string of the molecule is O=C(Cc1ccccc1)NC1CN(P(=O)(O)c2ccccc2)C1=O. The normalized spacial score (nSPS) is 19.3. The van der Waals surface area contributed by atoms with E-state index in [1.807, 2.05) is 30.3 Å². The van der Waals surface area contributed by atoms with Gasteiger partial charge in [-0.15, -0.1) is 0 Å². The average Bonchev–Trinajstić information content (AvgIpc) is 2.59. The molecule has 1 aliphatic rings. The average molecular weight is 344 g/mol. The van der Waals surface area contributed by atoms with Crippen LogP contribution in [0.3, 0.4) is 0 Å². The van der Waals surface area contributed by atoms with E-state index in [4.69, 9.17) is 0 Å². The second kappa shape index (κ2) is 6.59. The van der Waals surface area contributed by atoms with Gasteiger partial charge in [0.25, 0.3) is 5.91 Å². The van der Waals surface area contributed by atoms with Crippen molar-refractivity contribution in [2.45, 2.75) is 12.5 Å². The van der Waals surface area contributed by atoms with Gasteiger partial charge in [-0.2, -0.15) is 0 Å². The Balaban J connectivity index is 1.59. The van der Waals surface area contributed by atoms with Gasteiger partial charge in [0, 0.05) is 0 Å². The number of hydrogen-bond donors (Lipinski definition) is 2. The number of amides is 2. The van der Waals surface area contributed by atoms with Crippen molar-refractivity contribution in [2.24, 2.45) is 0 Å². The molecule has 0 aromatic heterocycles. The van der Waals surface area contributed by atoms with Crippen molar-refractivity contribution in [3.8, 4) is 0 Å². The Labute approximate surface area is 139 Å². The van der Waals surface area contributed by atoms with E-state index in [1.54, 1.807) is 18.2 Å². The Kier molecular flexibility index (Phi) is 4.51. The summed E-state index contributed by atoms with van der Waals surface area (Å²) in [6.07, 6.45) is 0.167. The van der Waals surface area contributed by atoms with Gasteiger partial charge in [0.05, 0.1) is 18.3 Å². The molecule has 2 amide bonds. The van der Waals surface area contributed by atoms with Crippen molar-refractivity contribution >= 4 is 24.6 Å². The molecule has 1 heterocycles. The molecular formula is C17H17N2O4P. The highest BCUT2D eigenvalue weighted by molar-refractivity contribution is 7.64. The Bertz CT molecular complexity index is 795. The fraction of sp³-hybridized carbons (Fsp3) is 0.176. The lowest BCUT2D eigenvalue weighted by Crippen LogP contribution is -2.63. The monoisotopic (exact) mass is 344 g/mol. The Morgan fingerprint density at radius 1 is 1.12 bits per heavy atom. The summed E-state index contributed by atoms with van der Waals surface area (Å²) in [6.45, 7) is 0.0298. The molecule has 1 fully saturated rings. The van der Waals surface area contributed by atoms with E-state index in [-0.39, 0.29) is 24.2 Å². The van der Waals surface area contributed by atoms with Gasteiger partial charge in [-0.1, -0.05) is 48.5 Å². The van der Waals surface area contributed by atoms with Crippen molar-refractivity contribution in [1.82, 2.24) is 9.99 Å². The molecule has 3 rings (SSSR count). The third-order valence-corrected chi connectivity index (χ3v) is 5.86. The van der Waals surface area contributed by atoms with Gasteiger partial charge in [-0.25, -0.2) is 0 Å². The molecule has 1 saturated heterocycles. The molecule has 0 radical (unpaired) electrons. The van der Waals surface area contributed by atoms with Crippen LogP contribution in [0.1, 0.15) is 5.56 Å². The first-order chi connectivity index (χ1) is 11.5. The smallest absolute Gasteiger partial charge is 0.326 e. The molecule has 6 nitrogen and oxygen atoms in total. The first-order valence-corrected chi connectivity index (χ1v) is 9.13.